The third-order valence-electron chi connectivity index (χ3n) is 7.18. The summed E-state index contributed by atoms with van der Waals surface area (Å²) in [7, 11) is 0. The van der Waals surface area contributed by atoms with E-state index in [2.05, 4.69) is 27.7 Å². The van der Waals surface area contributed by atoms with Crippen LogP contribution in [0.2, 0.25) is 0 Å². The molecule has 2 saturated heterocycles. The van der Waals surface area contributed by atoms with E-state index in [-0.39, 0.29) is 29.7 Å². The summed E-state index contributed by atoms with van der Waals surface area (Å²) in [6.45, 7) is 4.50. The van der Waals surface area contributed by atoms with E-state index in [1.807, 2.05) is 6.07 Å². The number of benzene rings is 1. The Morgan fingerprint density at radius 3 is 2.76 bits per heavy atom. The smallest absolute Gasteiger partial charge is 0.255 e. The van der Waals surface area contributed by atoms with Crippen LogP contribution in [0.15, 0.2) is 18.2 Å². The molecule has 0 bridgehead atoms. The lowest BCUT2D eigenvalue weighted by atomic mass is 9.92. The molecule has 3 amide bonds. The van der Waals surface area contributed by atoms with E-state index >= 15 is 0 Å². The molecule has 1 unspecified atom stereocenters. The molecular formula is C22H28N4O3. The van der Waals surface area contributed by atoms with Crippen LogP contribution in [0.5, 0.6) is 0 Å². The molecule has 1 spiro atoms. The lowest BCUT2D eigenvalue weighted by molar-refractivity contribution is -0.136. The monoisotopic (exact) mass is 396 g/mol. The third kappa shape index (κ3) is 3.26. The van der Waals surface area contributed by atoms with Crippen molar-refractivity contribution in [2.45, 2.75) is 63.2 Å². The molecule has 1 atom stereocenters. The molecule has 5 rings (SSSR count). The number of fused-ring (bicyclic) bond motifs is 1. The van der Waals surface area contributed by atoms with Crippen LogP contribution in [-0.4, -0.2) is 58.7 Å². The summed E-state index contributed by atoms with van der Waals surface area (Å²) < 4.78 is 0. The van der Waals surface area contributed by atoms with E-state index in [9.17, 15) is 14.4 Å². The SMILES string of the molecule is O=C1CCC(N2Cc3cc(CN4CCNCC45CCCC5)ccc3C2=O)C(=O)N1. The zero-order valence-electron chi connectivity index (χ0n) is 16.7. The molecule has 29 heavy (non-hydrogen) atoms. The molecule has 4 aliphatic rings. The maximum Gasteiger partial charge on any atom is 0.255 e. The van der Waals surface area contributed by atoms with Crippen molar-refractivity contribution in [1.82, 2.24) is 20.4 Å². The van der Waals surface area contributed by atoms with Gasteiger partial charge in [0.2, 0.25) is 11.8 Å². The molecule has 7 nitrogen and oxygen atoms in total. The van der Waals surface area contributed by atoms with E-state index in [1.54, 1.807) is 4.90 Å². The minimum atomic E-state index is -0.550. The van der Waals surface area contributed by atoms with Gasteiger partial charge in [-0.15, -0.1) is 0 Å². The summed E-state index contributed by atoms with van der Waals surface area (Å²) in [6, 6.07) is 5.58. The molecule has 3 fully saturated rings. The lowest BCUT2D eigenvalue weighted by Crippen LogP contribution is -2.59. The maximum atomic E-state index is 12.9. The molecule has 154 valence electrons. The minimum Gasteiger partial charge on any atom is -0.322 e. The van der Waals surface area contributed by atoms with Crippen LogP contribution in [0, 0.1) is 0 Å². The number of nitrogens with one attached hydrogen (secondary N) is 2. The van der Waals surface area contributed by atoms with Gasteiger partial charge in [0, 0.05) is 50.2 Å². The second kappa shape index (κ2) is 7.22. The predicted molar refractivity (Wildman–Crippen MR) is 107 cm³/mol. The zero-order valence-corrected chi connectivity index (χ0v) is 16.7. The topological polar surface area (TPSA) is 81.8 Å². The molecular weight excluding hydrogens is 368 g/mol. The van der Waals surface area contributed by atoms with Gasteiger partial charge in [-0.05, 0) is 36.5 Å². The molecule has 1 aromatic carbocycles. The van der Waals surface area contributed by atoms with E-state index in [1.165, 1.54) is 31.2 Å². The van der Waals surface area contributed by atoms with Crippen LogP contribution in [0.4, 0.5) is 0 Å². The number of carbonyl (C=O) groups excluding carboxylic acids is 3. The minimum absolute atomic E-state index is 0.101. The van der Waals surface area contributed by atoms with Crippen LogP contribution >= 0.6 is 0 Å². The highest BCUT2D eigenvalue weighted by Crippen LogP contribution is 2.37. The maximum absolute atomic E-state index is 12.9. The van der Waals surface area contributed by atoms with Crippen molar-refractivity contribution in [3.05, 3.63) is 34.9 Å². The molecule has 7 heteroatoms. The average molecular weight is 396 g/mol. The highest BCUT2D eigenvalue weighted by Gasteiger charge is 2.42. The molecule has 2 N–H and O–H groups in total. The third-order valence-corrected chi connectivity index (χ3v) is 7.18. The Morgan fingerprint density at radius 1 is 1.14 bits per heavy atom. The van der Waals surface area contributed by atoms with Gasteiger partial charge in [-0.1, -0.05) is 25.0 Å². The number of piperidine rings is 1. The van der Waals surface area contributed by atoms with Gasteiger partial charge in [0.25, 0.3) is 5.91 Å². The molecule has 1 aliphatic carbocycles. The number of amides is 3. The highest BCUT2D eigenvalue weighted by molar-refractivity contribution is 6.05. The number of hydrogen-bond acceptors (Lipinski definition) is 5. The standard InChI is InChI=1S/C22H28N4O3/c27-19-6-5-18(20(28)24-19)26-13-16-11-15(3-4-17(16)21(26)29)12-25-10-9-23-14-22(25)7-1-2-8-22/h3-4,11,18,23H,1-2,5-10,12-14H2,(H,24,27,28). The fourth-order valence-electron chi connectivity index (χ4n) is 5.60. The quantitative estimate of drug-likeness (QED) is 0.750. The second-order valence-corrected chi connectivity index (χ2v) is 8.92. The van der Waals surface area contributed by atoms with Crippen molar-refractivity contribution >= 4 is 17.7 Å². The van der Waals surface area contributed by atoms with Crippen LogP contribution < -0.4 is 10.6 Å². The predicted octanol–water partition coefficient (Wildman–Crippen LogP) is 1.17. The second-order valence-electron chi connectivity index (χ2n) is 8.92. The Balaban J connectivity index is 1.33. The van der Waals surface area contributed by atoms with Gasteiger partial charge in [0.15, 0.2) is 0 Å². The van der Waals surface area contributed by atoms with Gasteiger partial charge in [0.1, 0.15) is 6.04 Å². The summed E-state index contributed by atoms with van der Waals surface area (Å²) in [6.07, 6.45) is 5.81. The molecule has 3 aliphatic heterocycles. The Hall–Kier alpha value is -2.25. The summed E-state index contributed by atoms with van der Waals surface area (Å²) in [5.74, 6) is -0.711. The van der Waals surface area contributed by atoms with Gasteiger partial charge in [0.05, 0.1) is 0 Å². The van der Waals surface area contributed by atoms with Crippen molar-refractivity contribution in [2.75, 3.05) is 19.6 Å². The van der Waals surface area contributed by atoms with Crippen molar-refractivity contribution in [2.24, 2.45) is 0 Å². The van der Waals surface area contributed by atoms with Gasteiger partial charge >= 0.3 is 0 Å². The number of imide groups is 1. The summed E-state index contributed by atoms with van der Waals surface area (Å²) >= 11 is 0. The number of hydrogen-bond donors (Lipinski definition) is 2. The zero-order chi connectivity index (χ0) is 20.0. The van der Waals surface area contributed by atoms with Gasteiger partial charge in [-0.3, -0.25) is 24.6 Å². The van der Waals surface area contributed by atoms with E-state index in [0.29, 0.717) is 18.5 Å². The van der Waals surface area contributed by atoms with E-state index < -0.39 is 6.04 Å². The fourth-order valence-corrected chi connectivity index (χ4v) is 5.60. The summed E-state index contributed by atoms with van der Waals surface area (Å²) in [4.78, 5) is 40.8. The molecule has 3 heterocycles. The van der Waals surface area contributed by atoms with E-state index in [0.717, 1.165) is 31.7 Å². The van der Waals surface area contributed by atoms with Crippen molar-refractivity contribution in [3.8, 4) is 0 Å². The molecule has 1 saturated carbocycles. The number of rotatable bonds is 3. The molecule has 0 radical (unpaired) electrons. The van der Waals surface area contributed by atoms with Crippen LogP contribution in [0.3, 0.4) is 0 Å². The number of carbonyl (C=O) groups is 3. The summed E-state index contributed by atoms with van der Waals surface area (Å²) in [5.41, 5.74) is 3.20. The largest absolute Gasteiger partial charge is 0.322 e. The number of nitrogens with zero attached hydrogens (tertiary/aromatic N) is 2. The first kappa shape index (κ1) is 18.8. The molecule has 1 aromatic rings. The first-order valence-electron chi connectivity index (χ1n) is 10.8. The normalized spacial score (nSPS) is 26.8. The lowest BCUT2D eigenvalue weighted by Gasteiger charge is -2.45. The Bertz CT molecular complexity index is 862. The van der Waals surface area contributed by atoms with Crippen molar-refractivity contribution < 1.29 is 14.4 Å². The first-order chi connectivity index (χ1) is 14.1. The van der Waals surface area contributed by atoms with Crippen LogP contribution in [0.25, 0.3) is 0 Å². The van der Waals surface area contributed by atoms with Crippen molar-refractivity contribution in [3.63, 3.8) is 0 Å². The van der Waals surface area contributed by atoms with Gasteiger partial charge in [-0.2, -0.15) is 0 Å². The average Bonchev–Trinajstić information content (AvgIpc) is 3.29. The van der Waals surface area contributed by atoms with Crippen LogP contribution in [0.1, 0.15) is 60.0 Å². The fraction of sp³-hybridized carbons (Fsp3) is 0.591. The van der Waals surface area contributed by atoms with Gasteiger partial charge < -0.3 is 10.2 Å². The first-order valence-corrected chi connectivity index (χ1v) is 10.8. The van der Waals surface area contributed by atoms with Gasteiger partial charge in [-0.25, -0.2) is 0 Å². The number of piperazine rings is 1. The Morgan fingerprint density at radius 2 is 1.97 bits per heavy atom. The molecule has 0 aromatic heterocycles. The summed E-state index contributed by atoms with van der Waals surface area (Å²) in [5, 5.41) is 5.94. The van der Waals surface area contributed by atoms with Crippen LogP contribution in [-0.2, 0) is 22.7 Å². The van der Waals surface area contributed by atoms with Crippen molar-refractivity contribution in [1.29, 1.82) is 0 Å². The van der Waals surface area contributed by atoms with E-state index in [4.69, 9.17) is 0 Å². The Kier molecular flexibility index (Phi) is 4.67. The Labute approximate surface area is 170 Å². The highest BCUT2D eigenvalue weighted by atomic mass is 16.2.